The molecule has 4 rings (SSSR count). The number of pyridine rings is 1. The smallest absolute Gasteiger partial charge is 0.264 e. The van der Waals surface area contributed by atoms with Crippen molar-refractivity contribution in [2.24, 2.45) is 5.10 Å². The van der Waals surface area contributed by atoms with E-state index in [-0.39, 0.29) is 10.0 Å². The van der Waals surface area contributed by atoms with Crippen LogP contribution in [0.3, 0.4) is 0 Å². The number of fused-ring (bicyclic) bond motifs is 1. The summed E-state index contributed by atoms with van der Waals surface area (Å²) >= 11 is 6.31. The molecule has 0 saturated heterocycles. The predicted molar refractivity (Wildman–Crippen MR) is 151 cm³/mol. The summed E-state index contributed by atoms with van der Waals surface area (Å²) in [6.45, 7) is 5.11. The SMILES string of the molecule is COc1ccc2cc(/C=N\NC(=O)CN(c3cccc(C)c3C)S(=O)(=O)c3ccc(C)cc3)c(Cl)nc2c1. The summed E-state index contributed by atoms with van der Waals surface area (Å²) in [6.07, 6.45) is 1.37. The van der Waals surface area contributed by atoms with Gasteiger partial charge in [-0.05, 0) is 68.3 Å². The monoisotopic (exact) mass is 550 g/mol. The highest BCUT2D eigenvalue weighted by molar-refractivity contribution is 7.92. The van der Waals surface area contributed by atoms with Gasteiger partial charge in [0.2, 0.25) is 0 Å². The number of hydrogen-bond acceptors (Lipinski definition) is 6. The molecule has 0 aliphatic carbocycles. The minimum atomic E-state index is -4.04. The maximum atomic E-state index is 13.6. The van der Waals surface area contributed by atoms with Gasteiger partial charge in [-0.3, -0.25) is 9.10 Å². The molecule has 38 heavy (non-hydrogen) atoms. The first-order valence-electron chi connectivity index (χ1n) is 11.7. The van der Waals surface area contributed by atoms with Crippen molar-refractivity contribution >= 4 is 50.3 Å². The highest BCUT2D eigenvalue weighted by Crippen LogP contribution is 2.29. The number of amides is 1. The summed E-state index contributed by atoms with van der Waals surface area (Å²) in [5.41, 5.74) is 6.56. The minimum Gasteiger partial charge on any atom is -0.497 e. The van der Waals surface area contributed by atoms with Crippen LogP contribution < -0.4 is 14.5 Å². The molecule has 0 bridgehead atoms. The van der Waals surface area contributed by atoms with Gasteiger partial charge in [0.1, 0.15) is 17.4 Å². The normalized spacial score (nSPS) is 11.6. The molecule has 0 fully saturated rings. The van der Waals surface area contributed by atoms with Crippen LogP contribution in [0.15, 0.2) is 76.7 Å². The zero-order valence-corrected chi connectivity index (χ0v) is 23.0. The van der Waals surface area contributed by atoms with Gasteiger partial charge < -0.3 is 4.74 Å². The third kappa shape index (κ3) is 5.79. The molecule has 4 aromatic rings. The molecule has 8 nitrogen and oxygen atoms in total. The Labute approximate surface area is 227 Å². The summed E-state index contributed by atoms with van der Waals surface area (Å²) in [5, 5.41) is 5.01. The van der Waals surface area contributed by atoms with Gasteiger partial charge in [0.05, 0.1) is 29.4 Å². The van der Waals surface area contributed by atoms with Crippen LogP contribution >= 0.6 is 11.6 Å². The van der Waals surface area contributed by atoms with Gasteiger partial charge in [-0.1, -0.05) is 41.4 Å². The van der Waals surface area contributed by atoms with Crippen LogP contribution in [-0.4, -0.2) is 39.2 Å². The summed E-state index contributed by atoms with van der Waals surface area (Å²) in [5.74, 6) is 0.0381. The van der Waals surface area contributed by atoms with Crippen molar-refractivity contribution in [1.82, 2.24) is 10.4 Å². The molecule has 0 unspecified atom stereocenters. The van der Waals surface area contributed by atoms with E-state index < -0.39 is 22.5 Å². The number of hydrogen-bond donors (Lipinski definition) is 1. The first-order chi connectivity index (χ1) is 18.1. The second-order valence-corrected chi connectivity index (χ2v) is 11.0. The Bertz CT molecular complexity index is 1640. The number of aryl methyl sites for hydroxylation is 2. The van der Waals surface area contributed by atoms with Crippen LogP contribution in [0.4, 0.5) is 5.69 Å². The molecule has 0 atom stereocenters. The molecular weight excluding hydrogens is 524 g/mol. The Kier molecular flexibility index (Phi) is 7.99. The van der Waals surface area contributed by atoms with Gasteiger partial charge in [0.15, 0.2) is 0 Å². The lowest BCUT2D eigenvalue weighted by atomic mass is 10.1. The van der Waals surface area contributed by atoms with Crippen LogP contribution in [0.25, 0.3) is 10.9 Å². The molecular formula is C28H27ClN4O4S. The zero-order chi connectivity index (χ0) is 27.4. The zero-order valence-electron chi connectivity index (χ0n) is 21.4. The first-order valence-corrected chi connectivity index (χ1v) is 13.5. The second kappa shape index (κ2) is 11.2. The molecule has 1 aromatic heterocycles. The molecule has 1 amide bonds. The van der Waals surface area contributed by atoms with Crippen molar-refractivity contribution in [3.05, 3.63) is 94.1 Å². The van der Waals surface area contributed by atoms with E-state index in [1.807, 2.05) is 32.9 Å². The molecule has 1 N–H and O–H groups in total. The van der Waals surface area contributed by atoms with Crippen LogP contribution in [0.1, 0.15) is 22.3 Å². The molecule has 10 heteroatoms. The number of nitrogens with zero attached hydrogens (tertiary/aromatic N) is 3. The number of anilines is 1. The molecule has 0 aliphatic rings. The summed E-state index contributed by atoms with van der Waals surface area (Å²) in [7, 11) is -2.47. The largest absolute Gasteiger partial charge is 0.497 e. The van der Waals surface area contributed by atoms with E-state index in [0.717, 1.165) is 26.4 Å². The van der Waals surface area contributed by atoms with Crippen molar-refractivity contribution in [2.45, 2.75) is 25.7 Å². The third-order valence-electron chi connectivity index (χ3n) is 6.14. The lowest BCUT2D eigenvalue weighted by molar-refractivity contribution is -0.119. The van der Waals surface area contributed by atoms with Gasteiger partial charge in [-0.15, -0.1) is 0 Å². The number of carbonyl (C=O) groups is 1. The highest BCUT2D eigenvalue weighted by Gasteiger charge is 2.28. The van der Waals surface area contributed by atoms with Gasteiger partial charge >= 0.3 is 0 Å². The maximum absolute atomic E-state index is 13.6. The number of hydrazone groups is 1. The van der Waals surface area contributed by atoms with E-state index in [1.54, 1.807) is 49.6 Å². The van der Waals surface area contributed by atoms with Crippen molar-refractivity contribution < 1.29 is 17.9 Å². The van der Waals surface area contributed by atoms with Crippen molar-refractivity contribution in [1.29, 1.82) is 0 Å². The Hall–Kier alpha value is -3.95. The number of methoxy groups -OCH3 is 1. The fourth-order valence-electron chi connectivity index (χ4n) is 3.84. The number of rotatable bonds is 8. The topological polar surface area (TPSA) is 101 Å². The Morgan fingerprint density at radius 2 is 1.82 bits per heavy atom. The summed E-state index contributed by atoms with van der Waals surface area (Å²) < 4.78 is 33.6. The number of nitrogens with one attached hydrogen (secondary N) is 1. The quantitative estimate of drug-likeness (QED) is 0.185. The average molecular weight is 551 g/mol. The molecule has 0 saturated carbocycles. The van der Waals surface area contributed by atoms with E-state index in [2.05, 4.69) is 15.5 Å². The van der Waals surface area contributed by atoms with Crippen molar-refractivity contribution in [2.75, 3.05) is 18.0 Å². The maximum Gasteiger partial charge on any atom is 0.264 e. The number of ether oxygens (including phenoxy) is 1. The second-order valence-electron chi connectivity index (χ2n) is 8.76. The van der Waals surface area contributed by atoms with E-state index >= 15 is 0 Å². The predicted octanol–water partition coefficient (Wildman–Crippen LogP) is 5.17. The minimum absolute atomic E-state index is 0.0888. The van der Waals surface area contributed by atoms with Crippen LogP contribution in [0.5, 0.6) is 5.75 Å². The molecule has 0 aliphatic heterocycles. The van der Waals surface area contributed by atoms with Crippen molar-refractivity contribution in [3.8, 4) is 5.75 Å². The number of sulfonamides is 1. The van der Waals surface area contributed by atoms with Crippen molar-refractivity contribution in [3.63, 3.8) is 0 Å². The standard InChI is InChI=1S/C28H27ClN4O4S/c1-18-8-12-24(13-9-18)38(35,36)33(26-7-5-6-19(2)20(26)3)17-27(34)32-30-16-22-14-21-10-11-23(37-4)15-25(21)31-28(22)29/h5-16H,17H2,1-4H3,(H,32,34)/b30-16-. The summed E-state index contributed by atoms with van der Waals surface area (Å²) in [6, 6.07) is 19.0. The van der Waals surface area contributed by atoms with E-state index in [0.29, 0.717) is 22.5 Å². The Balaban J connectivity index is 1.59. The van der Waals surface area contributed by atoms with Crippen LogP contribution in [0.2, 0.25) is 5.15 Å². The Morgan fingerprint density at radius 1 is 1.08 bits per heavy atom. The van der Waals surface area contributed by atoms with Gasteiger partial charge in [-0.25, -0.2) is 18.8 Å². The molecule has 3 aromatic carbocycles. The fourth-order valence-corrected chi connectivity index (χ4v) is 5.51. The molecule has 0 radical (unpaired) electrons. The lowest BCUT2D eigenvalue weighted by Crippen LogP contribution is -2.40. The van der Waals surface area contributed by atoms with E-state index in [1.165, 1.54) is 18.3 Å². The van der Waals surface area contributed by atoms with Gasteiger partial charge in [0, 0.05) is 17.0 Å². The average Bonchev–Trinajstić information content (AvgIpc) is 2.89. The molecule has 196 valence electrons. The number of aromatic nitrogens is 1. The van der Waals surface area contributed by atoms with Crippen LogP contribution in [0, 0.1) is 20.8 Å². The molecule has 1 heterocycles. The van der Waals surface area contributed by atoms with E-state index in [9.17, 15) is 13.2 Å². The van der Waals surface area contributed by atoms with Gasteiger partial charge in [-0.2, -0.15) is 5.10 Å². The summed E-state index contributed by atoms with van der Waals surface area (Å²) in [4.78, 5) is 17.4. The number of carbonyl (C=O) groups excluding carboxylic acids is 1. The highest BCUT2D eigenvalue weighted by atomic mass is 35.5. The molecule has 0 spiro atoms. The number of benzene rings is 3. The van der Waals surface area contributed by atoms with Gasteiger partial charge in [0.25, 0.3) is 15.9 Å². The Morgan fingerprint density at radius 3 is 2.53 bits per heavy atom. The lowest BCUT2D eigenvalue weighted by Gasteiger charge is -2.26. The van der Waals surface area contributed by atoms with Crippen LogP contribution in [-0.2, 0) is 14.8 Å². The number of halogens is 1. The first kappa shape index (κ1) is 27.1. The fraction of sp³-hybridized carbons (Fsp3) is 0.179. The van der Waals surface area contributed by atoms with E-state index in [4.69, 9.17) is 16.3 Å². The third-order valence-corrected chi connectivity index (χ3v) is 8.22.